The van der Waals surface area contributed by atoms with Crippen LogP contribution in [0.1, 0.15) is 49.7 Å². The highest BCUT2D eigenvalue weighted by Gasteiger charge is 2.38. The molecule has 1 saturated heterocycles. The number of anilines is 1. The van der Waals surface area contributed by atoms with Gasteiger partial charge in [-0.2, -0.15) is 0 Å². The Balaban J connectivity index is 1.31. The fourth-order valence-electron chi connectivity index (χ4n) is 5.16. The van der Waals surface area contributed by atoms with Crippen molar-refractivity contribution in [1.29, 1.82) is 0 Å². The van der Waals surface area contributed by atoms with Gasteiger partial charge < -0.3 is 10.2 Å². The first-order valence-electron chi connectivity index (χ1n) is 10.5. The third kappa shape index (κ3) is 3.01. The smallest absolute Gasteiger partial charge is 0.229 e. The molecule has 1 N–H and O–H groups in total. The monoisotopic (exact) mass is 374 g/mol. The average molecular weight is 374 g/mol. The van der Waals surface area contributed by atoms with Crippen LogP contribution in [0.15, 0.2) is 42.5 Å². The highest BCUT2D eigenvalue weighted by molar-refractivity contribution is 5.99. The van der Waals surface area contributed by atoms with E-state index in [4.69, 9.17) is 0 Å². The molecule has 5 rings (SSSR count). The number of nitrogens with one attached hydrogen (secondary N) is 1. The Hall–Kier alpha value is -2.62. The molecule has 1 atom stereocenters. The van der Waals surface area contributed by atoms with Crippen LogP contribution in [-0.4, -0.2) is 29.3 Å². The predicted molar refractivity (Wildman–Crippen MR) is 110 cm³/mol. The average Bonchev–Trinajstić information content (AvgIpc) is 3.30. The van der Waals surface area contributed by atoms with Crippen LogP contribution >= 0.6 is 0 Å². The van der Waals surface area contributed by atoms with Crippen molar-refractivity contribution >= 4 is 17.5 Å². The highest BCUT2D eigenvalue weighted by Crippen LogP contribution is 2.40. The van der Waals surface area contributed by atoms with Crippen LogP contribution in [0.25, 0.3) is 11.1 Å². The molecule has 0 bridgehead atoms. The fraction of sp³-hybridized carbons (Fsp3) is 0.417. The fourth-order valence-corrected chi connectivity index (χ4v) is 5.16. The van der Waals surface area contributed by atoms with Crippen LogP contribution in [0.4, 0.5) is 5.69 Å². The summed E-state index contributed by atoms with van der Waals surface area (Å²) in [4.78, 5) is 27.5. The van der Waals surface area contributed by atoms with Gasteiger partial charge in [0.1, 0.15) is 0 Å². The third-order valence-corrected chi connectivity index (χ3v) is 6.65. The Labute approximate surface area is 165 Å². The van der Waals surface area contributed by atoms with E-state index in [0.29, 0.717) is 19.0 Å². The number of amides is 2. The Morgan fingerprint density at radius 3 is 2.61 bits per heavy atom. The summed E-state index contributed by atoms with van der Waals surface area (Å²) in [5.41, 5.74) is 5.85. The van der Waals surface area contributed by atoms with Crippen LogP contribution in [0.5, 0.6) is 0 Å². The van der Waals surface area contributed by atoms with Crippen LogP contribution in [0.3, 0.4) is 0 Å². The van der Waals surface area contributed by atoms with Crippen molar-refractivity contribution in [1.82, 2.24) is 4.90 Å². The predicted octanol–water partition coefficient (Wildman–Crippen LogP) is 4.38. The molecular weight excluding hydrogens is 348 g/mol. The molecule has 2 aliphatic carbocycles. The van der Waals surface area contributed by atoms with E-state index in [0.717, 1.165) is 24.9 Å². The summed E-state index contributed by atoms with van der Waals surface area (Å²) in [5.74, 6) is -0.108. The summed E-state index contributed by atoms with van der Waals surface area (Å²) in [7, 11) is 0. The lowest BCUT2D eigenvalue weighted by atomic mass is 9.94. The van der Waals surface area contributed by atoms with Crippen molar-refractivity contribution < 1.29 is 9.59 Å². The van der Waals surface area contributed by atoms with E-state index in [-0.39, 0.29) is 17.7 Å². The molecule has 3 aliphatic rings. The number of carbonyl (C=O) groups is 2. The molecule has 0 spiro atoms. The molecule has 1 saturated carbocycles. The molecule has 1 heterocycles. The number of fused-ring (bicyclic) bond motifs is 3. The Bertz CT molecular complexity index is 930. The number of rotatable bonds is 3. The second-order valence-corrected chi connectivity index (χ2v) is 8.39. The summed E-state index contributed by atoms with van der Waals surface area (Å²) >= 11 is 0. The third-order valence-electron chi connectivity index (χ3n) is 6.65. The van der Waals surface area contributed by atoms with Gasteiger partial charge in [0.25, 0.3) is 0 Å². The Kier molecular flexibility index (Phi) is 4.42. The lowest BCUT2D eigenvalue weighted by Gasteiger charge is -2.31. The zero-order valence-electron chi connectivity index (χ0n) is 16.1. The summed E-state index contributed by atoms with van der Waals surface area (Å²) in [6.45, 7) is 0.574. The summed E-state index contributed by atoms with van der Waals surface area (Å²) in [5, 5.41) is 3.15. The van der Waals surface area contributed by atoms with Gasteiger partial charge in [0.15, 0.2) is 0 Å². The van der Waals surface area contributed by atoms with Crippen LogP contribution in [0.2, 0.25) is 0 Å². The molecular formula is C24H26N2O2. The standard InChI is InChI=1S/C24H26N2O2/c27-23-14-17(15-26(23)18-8-2-1-3-9-18)24(28)25-22-12-6-11-20-19-10-5-4-7-16(19)13-21(20)22/h4-7,10-12,17-18H,1-3,8-9,13-15H2,(H,25,28). The van der Waals surface area contributed by atoms with E-state index in [2.05, 4.69) is 35.6 Å². The zero-order chi connectivity index (χ0) is 19.1. The molecule has 1 aliphatic heterocycles. The van der Waals surface area contributed by atoms with E-state index < -0.39 is 0 Å². The van der Waals surface area contributed by atoms with E-state index in [1.165, 1.54) is 41.5 Å². The van der Waals surface area contributed by atoms with Crippen LogP contribution < -0.4 is 5.32 Å². The lowest BCUT2D eigenvalue weighted by molar-refractivity contribution is -0.130. The molecule has 2 amide bonds. The second-order valence-electron chi connectivity index (χ2n) is 8.39. The van der Waals surface area contributed by atoms with Gasteiger partial charge in [0, 0.05) is 31.1 Å². The first-order valence-corrected chi connectivity index (χ1v) is 10.5. The van der Waals surface area contributed by atoms with E-state index in [9.17, 15) is 9.59 Å². The van der Waals surface area contributed by atoms with Gasteiger partial charge in [-0.05, 0) is 41.2 Å². The second kappa shape index (κ2) is 7.08. The van der Waals surface area contributed by atoms with Gasteiger partial charge in [-0.15, -0.1) is 0 Å². The van der Waals surface area contributed by atoms with Crippen molar-refractivity contribution in [3.05, 3.63) is 53.6 Å². The van der Waals surface area contributed by atoms with Gasteiger partial charge in [-0.3, -0.25) is 9.59 Å². The minimum Gasteiger partial charge on any atom is -0.339 e. The zero-order valence-corrected chi connectivity index (χ0v) is 16.1. The Morgan fingerprint density at radius 2 is 1.75 bits per heavy atom. The molecule has 1 unspecified atom stereocenters. The maximum Gasteiger partial charge on any atom is 0.229 e. The summed E-state index contributed by atoms with van der Waals surface area (Å²) in [6.07, 6.45) is 7.03. The summed E-state index contributed by atoms with van der Waals surface area (Å²) < 4.78 is 0. The van der Waals surface area contributed by atoms with Crippen molar-refractivity contribution in [2.75, 3.05) is 11.9 Å². The van der Waals surface area contributed by atoms with E-state index in [1.807, 2.05) is 17.0 Å². The Morgan fingerprint density at radius 1 is 0.964 bits per heavy atom. The van der Waals surface area contributed by atoms with Crippen LogP contribution in [-0.2, 0) is 16.0 Å². The molecule has 2 aromatic carbocycles. The first-order chi connectivity index (χ1) is 13.7. The molecule has 0 radical (unpaired) electrons. The molecule has 28 heavy (non-hydrogen) atoms. The summed E-state index contributed by atoms with van der Waals surface area (Å²) in [6, 6.07) is 14.9. The maximum absolute atomic E-state index is 13.0. The van der Waals surface area contributed by atoms with Gasteiger partial charge in [-0.25, -0.2) is 0 Å². The highest BCUT2D eigenvalue weighted by atomic mass is 16.2. The van der Waals surface area contributed by atoms with Crippen molar-refractivity contribution in [2.24, 2.45) is 5.92 Å². The van der Waals surface area contributed by atoms with Crippen molar-refractivity contribution in [2.45, 2.75) is 51.0 Å². The van der Waals surface area contributed by atoms with Gasteiger partial charge in [0.2, 0.25) is 11.8 Å². The van der Waals surface area contributed by atoms with Crippen molar-refractivity contribution in [3.63, 3.8) is 0 Å². The normalized spacial score (nSPS) is 21.5. The van der Waals surface area contributed by atoms with Crippen LogP contribution in [0, 0.1) is 5.92 Å². The van der Waals surface area contributed by atoms with E-state index in [1.54, 1.807) is 0 Å². The number of hydrogen-bond acceptors (Lipinski definition) is 2. The molecule has 2 aromatic rings. The molecule has 144 valence electrons. The minimum absolute atomic E-state index is 0.0176. The number of hydrogen-bond donors (Lipinski definition) is 1. The minimum atomic E-state index is -0.242. The number of benzene rings is 2. The lowest BCUT2D eigenvalue weighted by Crippen LogP contribution is -2.38. The van der Waals surface area contributed by atoms with Gasteiger partial charge in [-0.1, -0.05) is 55.7 Å². The largest absolute Gasteiger partial charge is 0.339 e. The van der Waals surface area contributed by atoms with Gasteiger partial charge in [0.05, 0.1) is 5.92 Å². The van der Waals surface area contributed by atoms with Crippen molar-refractivity contribution in [3.8, 4) is 11.1 Å². The quantitative estimate of drug-likeness (QED) is 0.740. The molecule has 0 aromatic heterocycles. The number of nitrogens with zero attached hydrogens (tertiary/aromatic N) is 1. The van der Waals surface area contributed by atoms with E-state index >= 15 is 0 Å². The molecule has 4 heteroatoms. The SMILES string of the molecule is O=C(Nc1cccc2c1Cc1ccccc1-2)C1CC(=O)N(C2CCCCC2)C1. The molecule has 4 nitrogen and oxygen atoms in total. The first kappa shape index (κ1) is 17.5. The van der Waals surface area contributed by atoms with Gasteiger partial charge >= 0.3 is 0 Å². The topological polar surface area (TPSA) is 49.4 Å². The maximum atomic E-state index is 13.0. The number of carbonyl (C=O) groups excluding carboxylic acids is 2. The number of likely N-dealkylation sites (tertiary alicyclic amines) is 1. The molecule has 2 fully saturated rings.